The van der Waals surface area contributed by atoms with Gasteiger partial charge in [-0.15, -0.1) is 0 Å². The number of allylic oxidation sites excluding steroid dienone is 1. The first-order valence-electron chi connectivity index (χ1n) is 15.0. The van der Waals surface area contributed by atoms with Crippen molar-refractivity contribution in [2.45, 2.75) is 45.4 Å². The van der Waals surface area contributed by atoms with Crippen molar-refractivity contribution in [2.24, 2.45) is 5.84 Å². The van der Waals surface area contributed by atoms with Gasteiger partial charge in [0.15, 0.2) is 0 Å². The molecule has 1 aromatic carbocycles. The monoisotopic (exact) mass is 574 g/mol. The zero-order chi connectivity index (χ0) is 29.2. The number of nitrogens with zero attached hydrogens (tertiary/aromatic N) is 6. The maximum atomic E-state index is 12.2. The lowest BCUT2D eigenvalue weighted by Gasteiger charge is -2.55. The van der Waals surface area contributed by atoms with E-state index in [2.05, 4.69) is 45.8 Å². The number of fused-ring (bicyclic) bond motifs is 2. The minimum Gasteiger partial charge on any atom is -0.463 e. The van der Waals surface area contributed by atoms with Gasteiger partial charge in [-0.25, -0.2) is 0 Å². The maximum Gasteiger partial charge on any atom is 0.318 e. The summed E-state index contributed by atoms with van der Waals surface area (Å²) in [7, 11) is 0. The van der Waals surface area contributed by atoms with Crippen molar-refractivity contribution in [1.29, 1.82) is 0 Å². The van der Waals surface area contributed by atoms with Crippen molar-refractivity contribution in [3.05, 3.63) is 53.2 Å². The Morgan fingerprint density at radius 1 is 1.21 bits per heavy atom. The van der Waals surface area contributed by atoms with Gasteiger partial charge >= 0.3 is 6.01 Å². The van der Waals surface area contributed by atoms with Gasteiger partial charge in [0.2, 0.25) is 5.91 Å². The lowest BCUT2D eigenvalue weighted by atomic mass is 9.95. The summed E-state index contributed by atoms with van der Waals surface area (Å²) in [4.78, 5) is 31.1. The first-order valence-corrected chi connectivity index (χ1v) is 15.0. The summed E-state index contributed by atoms with van der Waals surface area (Å²) in [6, 6.07) is 5.14. The fraction of sp³-hybridized carbons (Fsp3) is 0.516. The highest BCUT2D eigenvalue weighted by Gasteiger charge is 2.46. The van der Waals surface area contributed by atoms with E-state index >= 15 is 0 Å². The predicted octanol–water partition coefficient (Wildman–Crippen LogP) is 2.35. The fourth-order valence-electron chi connectivity index (χ4n) is 6.52. The Kier molecular flexibility index (Phi) is 8.32. The number of amides is 1. The molecule has 5 heterocycles. The van der Waals surface area contributed by atoms with Crippen LogP contribution in [0.5, 0.6) is 6.01 Å². The molecule has 0 spiro atoms. The summed E-state index contributed by atoms with van der Waals surface area (Å²) in [6.07, 6.45) is 7.70. The number of carbonyl (C=O) groups is 1. The number of hydrogen-bond donors (Lipinski definition) is 2. The van der Waals surface area contributed by atoms with Gasteiger partial charge in [0.1, 0.15) is 5.82 Å². The topological polar surface area (TPSA) is 112 Å². The molecule has 42 heavy (non-hydrogen) atoms. The molecule has 3 N–H and O–H groups in total. The highest BCUT2D eigenvalue weighted by Crippen LogP contribution is 2.37. The molecule has 11 nitrogen and oxygen atoms in total. The maximum absolute atomic E-state index is 12.2. The van der Waals surface area contributed by atoms with E-state index in [4.69, 9.17) is 25.3 Å². The number of aromatic nitrogens is 2. The van der Waals surface area contributed by atoms with E-state index in [1.165, 1.54) is 11.6 Å². The molecular formula is C31H42N8O3. The molecule has 4 aliphatic heterocycles. The standard InChI is InChI=1S/C31H42N8O3/c1-4-7-22-24(35-32)9-8-21(3)29(22)39-12-10-23-25(18-39)33-31(41-17-6-11-38-19-27-26(38)20-42-27)34-30(23)37-15-13-36(14-16-37)28(40)5-2/h4-5,7-9,26-27,35H,2,6,10-20,32H2,1,3H3/b7-4+/t26-,27?/m1/s1. The number of rotatable bonds is 10. The molecule has 6 rings (SSSR count). The third-order valence-corrected chi connectivity index (χ3v) is 8.93. The van der Waals surface area contributed by atoms with Crippen LogP contribution in [-0.2, 0) is 22.5 Å². The normalized spacial score (nSPS) is 21.8. The Morgan fingerprint density at radius 2 is 2.05 bits per heavy atom. The predicted molar refractivity (Wildman–Crippen MR) is 165 cm³/mol. The molecule has 11 heteroatoms. The van der Waals surface area contributed by atoms with E-state index in [1.807, 2.05) is 24.0 Å². The van der Waals surface area contributed by atoms with Crippen LogP contribution in [-0.4, -0.2) is 96.8 Å². The molecule has 3 fully saturated rings. The van der Waals surface area contributed by atoms with Crippen LogP contribution in [0.3, 0.4) is 0 Å². The van der Waals surface area contributed by atoms with E-state index in [-0.39, 0.29) is 5.91 Å². The number of morpholine rings is 1. The van der Waals surface area contributed by atoms with E-state index in [0.29, 0.717) is 57.5 Å². The number of carbonyl (C=O) groups excluding carboxylic acids is 1. The molecule has 0 saturated carbocycles. The van der Waals surface area contributed by atoms with Crippen molar-refractivity contribution in [1.82, 2.24) is 19.8 Å². The number of hydrogen-bond acceptors (Lipinski definition) is 10. The van der Waals surface area contributed by atoms with Crippen LogP contribution in [0.4, 0.5) is 17.2 Å². The number of nitrogens with two attached hydrogens (primary N) is 1. The summed E-state index contributed by atoms with van der Waals surface area (Å²) in [5.74, 6) is 6.79. The van der Waals surface area contributed by atoms with Gasteiger partial charge < -0.3 is 29.6 Å². The van der Waals surface area contributed by atoms with Gasteiger partial charge in [-0.05, 0) is 44.4 Å². The minimum absolute atomic E-state index is 0.0254. The third-order valence-electron chi connectivity index (χ3n) is 8.93. The zero-order valence-corrected chi connectivity index (χ0v) is 24.7. The first kappa shape index (κ1) is 28.4. The number of benzene rings is 1. The minimum atomic E-state index is -0.0254. The summed E-state index contributed by atoms with van der Waals surface area (Å²) in [5, 5.41) is 0. The third kappa shape index (κ3) is 5.44. The molecule has 0 aliphatic carbocycles. The quantitative estimate of drug-likeness (QED) is 0.190. The number of nitrogens with one attached hydrogen (secondary N) is 1. The number of likely N-dealkylation sites (tertiary alicyclic amines) is 1. The molecule has 0 radical (unpaired) electrons. The number of anilines is 3. The Labute approximate surface area is 247 Å². The number of ether oxygens (including phenoxy) is 2. The van der Waals surface area contributed by atoms with E-state index < -0.39 is 0 Å². The molecule has 1 aromatic heterocycles. The van der Waals surface area contributed by atoms with Crippen molar-refractivity contribution in [3.63, 3.8) is 0 Å². The Balaban J connectivity index is 1.24. The highest BCUT2D eigenvalue weighted by molar-refractivity contribution is 5.87. The number of piperazine rings is 1. The first-order chi connectivity index (χ1) is 20.5. The van der Waals surface area contributed by atoms with Crippen LogP contribution in [0.25, 0.3) is 6.08 Å². The second kappa shape index (κ2) is 12.3. The van der Waals surface area contributed by atoms with Crippen molar-refractivity contribution < 1.29 is 14.3 Å². The van der Waals surface area contributed by atoms with Crippen molar-refractivity contribution >= 4 is 29.2 Å². The highest BCUT2D eigenvalue weighted by atomic mass is 16.5. The van der Waals surface area contributed by atoms with E-state index in [1.54, 1.807) is 0 Å². The molecule has 2 atom stereocenters. The Morgan fingerprint density at radius 3 is 2.71 bits per heavy atom. The average Bonchev–Trinajstić information content (AvgIpc) is 3.00. The van der Waals surface area contributed by atoms with E-state index in [0.717, 1.165) is 73.1 Å². The zero-order valence-electron chi connectivity index (χ0n) is 24.7. The molecule has 2 aromatic rings. The summed E-state index contributed by atoms with van der Waals surface area (Å²) >= 11 is 0. The van der Waals surface area contributed by atoms with Crippen molar-refractivity contribution in [3.8, 4) is 6.01 Å². The van der Waals surface area contributed by atoms with Gasteiger partial charge in [0, 0.05) is 62.6 Å². The lowest BCUT2D eigenvalue weighted by molar-refractivity contribution is -0.214. The molecular weight excluding hydrogens is 532 g/mol. The van der Waals surface area contributed by atoms with Crippen LogP contribution in [0.1, 0.15) is 35.7 Å². The van der Waals surface area contributed by atoms with Crippen LogP contribution in [0, 0.1) is 6.92 Å². The second-order valence-corrected chi connectivity index (χ2v) is 11.4. The average molecular weight is 575 g/mol. The summed E-state index contributed by atoms with van der Waals surface area (Å²) in [6.45, 7) is 15.4. The Hall–Kier alpha value is -3.67. The Bertz CT molecular complexity index is 1360. The number of nitrogen functional groups attached to an aromatic ring is 1. The van der Waals surface area contributed by atoms with Gasteiger partial charge in [-0.2, -0.15) is 9.97 Å². The second-order valence-electron chi connectivity index (χ2n) is 11.4. The summed E-state index contributed by atoms with van der Waals surface area (Å²) in [5.41, 5.74) is 9.31. The van der Waals surface area contributed by atoms with Gasteiger partial charge in [0.25, 0.3) is 0 Å². The SMILES string of the molecule is C=CC(=O)N1CCN(c2nc(OCCCN3CC4OC[C@H]43)nc3c2CCN(c2c(C)ccc(NN)c2/C=C/C)C3)CC1. The molecule has 3 saturated heterocycles. The van der Waals surface area contributed by atoms with Gasteiger partial charge in [0.05, 0.1) is 43.3 Å². The van der Waals surface area contributed by atoms with Crippen LogP contribution >= 0.6 is 0 Å². The smallest absolute Gasteiger partial charge is 0.318 e. The van der Waals surface area contributed by atoms with Crippen LogP contribution in [0.2, 0.25) is 0 Å². The molecule has 1 unspecified atom stereocenters. The van der Waals surface area contributed by atoms with Crippen molar-refractivity contribution in [2.75, 3.05) is 74.3 Å². The van der Waals surface area contributed by atoms with Crippen LogP contribution < -0.4 is 25.8 Å². The molecule has 0 bridgehead atoms. The number of hydrazine groups is 1. The van der Waals surface area contributed by atoms with E-state index in [9.17, 15) is 4.79 Å². The van der Waals surface area contributed by atoms with Gasteiger partial charge in [-0.3, -0.25) is 15.5 Å². The summed E-state index contributed by atoms with van der Waals surface area (Å²) < 4.78 is 11.7. The number of aryl methyl sites for hydroxylation is 1. The van der Waals surface area contributed by atoms with Crippen LogP contribution in [0.15, 0.2) is 30.9 Å². The largest absolute Gasteiger partial charge is 0.463 e. The fourth-order valence-corrected chi connectivity index (χ4v) is 6.52. The molecule has 1 amide bonds. The molecule has 4 aliphatic rings. The lowest BCUT2D eigenvalue weighted by Crippen LogP contribution is -2.70. The molecule has 224 valence electrons. The van der Waals surface area contributed by atoms with Gasteiger partial charge in [-0.1, -0.05) is 24.8 Å².